The van der Waals surface area contributed by atoms with E-state index in [2.05, 4.69) is 15.6 Å². The molecule has 0 atom stereocenters. The van der Waals surface area contributed by atoms with Gasteiger partial charge in [-0.1, -0.05) is 36.4 Å². The Balaban J connectivity index is 1.52. The lowest BCUT2D eigenvalue weighted by molar-refractivity contribution is 0.262. The van der Waals surface area contributed by atoms with Crippen LogP contribution in [0.25, 0.3) is 21.9 Å². The first kappa shape index (κ1) is 19.4. The highest BCUT2D eigenvalue weighted by atomic mass is 19.1. The van der Waals surface area contributed by atoms with Crippen molar-refractivity contribution in [2.75, 3.05) is 16.4 Å². The largest absolute Gasteiger partial charge is 0.384 e. The van der Waals surface area contributed by atoms with E-state index in [1.165, 1.54) is 12.1 Å². The number of halogens is 1. The molecule has 0 unspecified atom stereocenters. The number of anilines is 3. The molecule has 0 fully saturated rings. The zero-order valence-electron chi connectivity index (χ0n) is 16.0. The Morgan fingerprint density at radius 3 is 2.57 bits per heavy atom. The normalized spacial score (nSPS) is 10.7. The van der Waals surface area contributed by atoms with Crippen molar-refractivity contribution in [2.24, 2.45) is 5.73 Å². The van der Waals surface area contributed by atoms with Gasteiger partial charge in [-0.3, -0.25) is 0 Å². The molecular formula is C23H20FN5O. The number of carbonyl (C=O) groups is 1. The number of amides is 2. The van der Waals surface area contributed by atoms with Gasteiger partial charge in [0.2, 0.25) is 0 Å². The molecule has 0 aliphatic rings. The van der Waals surface area contributed by atoms with E-state index in [1.807, 2.05) is 36.4 Å². The van der Waals surface area contributed by atoms with E-state index in [1.54, 1.807) is 24.4 Å². The van der Waals surface area contributed by atoms with E-state index in [0.29, 0.717) is 11.5 Å². The minimum absolute atomic E-state index is 0.0778. The number of carbonyl (C=O) groups excluding carboxylic acids is 1. The highest BCUT2D eigenvalue weighted by Gasteiger charge is 2.09. The summed E-state index contributed by atoms with van der Waals surface area (Å²) in [5, 5.41) is 7.20. The minimum atomic E-state index is -0.542. The second-order valence-corrected chi connectivity index (χ2v) is 6.81. The third kappa shape index (κ3) is 4.06. The summed E-state index contributed by atoms with van der Waals surface area (Å²) in [5.41, 5.74) is 14.8. The van der Waals surface area contributed by atoms with Crippen LogP contribution < -0.4 is 22.1 Å². The van der Waals surface area contributed by atoms with Crippen molar-refractivity contribution in [2.45, 2.75) is 6.54 Å². The third-order valence-electron chi connectivity index (χ3n) is 4.75. The lowest BCUT2D eigenvalue weighted by Crippen LogP contribution is -2.20. The molecule has 1 heterocycles. The molecule has 6 nitrogen and oxygen atoms in total. The summed E-state index contributed by atoms with van der Waals surface area (Å²) in [4.78, 5) is 16.4. The average Bonchev–Trinajstić information content (AvgIpc) is 2.75. The van der Waals surface area contributed by atoms with Gasteiger partial charge in [0.05, 0.1) is 5.69 Å². The number of nitrogens with two attached hydrogens (primary N) is 2. The monoisotopic (exact) mass is 401 g/mol. The molecule has 0 bridgehead atoms. The first-order chi connectivity index (χ1) is 14.5. The van der Waals surface area contributed by atoms with Crippen LogP contribution in [0.15, 0.2) is 72.9 Å². The molecule has 4 rings (SSSR count). The van der Waals surface area contributed by atoms with Crippen LogP contribution in [-0.4, -0.2) is 11.0 Å². The molecule has 30 heavy (non-hydrogen) atoms. The van der Waals surface area contributed by atoms with Crippen molar-refractivity contribution in [1.29, 1.82) is 0 Å². The number of rotatable bonds is 4. The van der Waals surface area contributed by atoms with Gasteiger partial charge in [-0.15, -0.1) is 0 Å². The Morgan fingerprint density at radius 1 is 1.00 bits per heavy atom. The Morgan fingerprint density at radius 2 is 1.80 bits per heavy atom. The van der Waals surface area contributed by atoms with E-state index in [9.17, 15) is 9.18 Å². The molecule has 4 aromatic rings. The van der Waals surface area contributed by atoms with Crippen LogP contribution in [0.1, 0.15) is 5.56 Å². The zero-order chi connectivity index (χ0) is 21.1. The summed E-state index contributed by atoms with van der Waals surface area (Å²) < 4.78 is 13.9. The van der Waals surface area contributed by atoms with Crippen molar-refractivity contribution in [3.8, 4) is 11.1 Å². The Kier molecular flexibility index (Phi) is 5.28. The van der Waals surface area contributed by atoms with E-state index >= 15 is 0 Å². The van der Waals surface area contributed by atoms with Crippen LogP contribution in [-0.2, 0) is 6.54 Å². The molecule has 0 aliphatic heterocycles. The van der Waals surface area contributed by atoms with Gasteiger partial charge in [-0.25, -0.2) is 14.2 Å². The van der Waals surface area contributed by atoms with Gasteiger partial charge >= 0.3 is 6.03 Å². The van der Waals surface area contributed by atoms with Gasteiger partial charge in [-0.2, -0.15) is 0 Å². The molecule has 3 aromatic carbocycles. The maximum absolute atomic E-state index is 13.9. The number of pyridine rings is 1. The summed E-state index contributed by atoms with van der Waals surface area (Å²) in [6, 6.07) is 19.0. The Labute approximate surface area is 172 Å². The summed E-state index contributed by atoms with van der Waals surface area (Å²) in [6.07, 6.45) is 1.74. The number of hydrogen-bond acceptors (Lipinski definition) is 4. The molecule has 0 aliphatic carbocycles. The summed E-state index contributed by atoms with van der Waals surface area (Å²) in [6.45, 7) is 0.258. The first-order valence-electron chi connectivity index (χ1n) is 9.34. The summed E-state index contributed by atoms with van der Waals surface area (Å²) >= 11 is 0. The van der Waals surface area contributed by atoms with E-state index < -0.39 is 11.8 Å². The number of fused-ring (bicyclic) bond motifs is 1. The number of nitrogen functional groups attached to an aromatic ring is 1. The van der Waals surface area contributed by atoms with Crippen molar-refractivity contribution >= 4 is 34.0 Å². The van der Waals surface area contributed by atoms with Crippen LogP contribution in [0.2, 0.25) is 0 Å². The van der Waals surface area contributed by atoms with Gasteiger partial charge in [0.1, 0.15) is 11.6 Å². The van der Waals surface area contributed by atoms with Gasteiger partial charge in [0.25, 0.3) is 0 Å². The van der Waals surface area contributed by atoms with Crippen LogP contribution in [0, 0.1) is 5.82 Å². The van der Waals surface area contributed by atoms with Crippen molar-refractivity contribution in [1.82, 2.24) is 4.98 Å². The number of nitrogens with zero attached hydrogens (tertiary/aromatic N) is 1. The first-order valence-corrected chi connectivity index (χ1v) is 9.34. The predicted octanol–water partition coefficient (Wildman–Crippen LogP) is 4.73. The number of urea groups is 1. The van der Waals surface area contributed by atoms with Crippen molar-refractivity contribution < 1.29 is 9.18 Å². The Hall–Kier alpha value is -3.97. The molecule has 0 radical (unpaired) electrons. The average molecular weight is 401 g/mol. The van der Waals surface area contributed by atoms with Crippen LogP contribution >= 0.6 is 0 Å². The topological polar surface area (TPSA) is 106 Å². The van der Waals surface area contributed by atoms with Crippen LogP contribution in [0.4, 0.5) is 26.4 Å². The van der Waals surface area contributed by atoms with Crippen molar-refractivity contribution in [3.05, 3.63) is 84.3 Å². The molecule has 1 aromatic heterocycles. The minimum Gasteiger partial charge on any atom is -0.384 e. The number of hydrogen-bond donors (Lipinski definition) is 4. The van der Waals surface area contributed by atoms with E-state index in [4.69, 9.17) is 11.5 Å². The molecule has 6 N–H and O–H groups in total. The van der Waals surface area contributed by atoms with E-state index in [-0.39, 0.29) is 12.2 Å². The molecule has 7 heteroatoms. The number of aromatic nitrogens is 1. The fourth-order valence-corrected chi connectivity index (χ4v) is 3.25. The predicted molar refractivity (Wildman–Crippen MR) is 119 cm³/mol. The smallest absolute Gasteiger partial charge is 0.323 e. The fraction of sp³-hybridized carbons (Fsp3) is 0.0435. The third-order valence-corrected chi connectivity index (χ3v) is 4.75. The van der Waals surface area contributed by atoms with Crippen LogP contribution in [0.3, 0.4) is 0 Å². The standard InChI is InChI=1S/C23H20FN5O/c24-20-9-4-14(12-25)10-21(20)29-23(30)28-17-7-5-15(6-8-17)18-3-1-2-16-13-27-22(26)11-19(16)18/h1-11,13H,12,25H2,(H2,26,27)(H2,28,29,30). The molecule has 150 valence electrons. The fourth-order valence-electron chi connectivity index (χ4n) is 3.25. The van der Waals surface area contributed by atoms with Gasteiger partial charge in [0, 0.05) is 23.8 Å². The maximum Gasteiger partial charge on any atom is 0.323 e. The molecule has 0 saturated carbocycles. The van der Waals surface area contributed by atoms with Gasteiger partial charge < -0.3 is 22.1 Å². The maximum atomic E-state index is 13.9. The zero-order valence-corrected chi connectivity index (χ0v) is 16.0. The van der Waals surface area contributed by atoms with Gasteiger partial charge in [-0.05, 0) is 52.4 Å². The molecule has 0 saturated heterocycles. The second kappa shape index (κ2) is 8.18. The quantitative estimate of drug-likeness (QED) is 0.397. The highest BCUT2D eigenvalue weighted by Crippen LogP contribution is 2.30. The number of nitrogens with one attached hydrogen (secondary N) is 2. The summed E-state index contributed by atoms with van der Waals surface area (Å²) in [7, 11) is 0. The summed E-state index contributed by atoms with van der Waals surface area (Å²) in [5.74, 6) is -0.0711. The second-order valence-electron chi connectivity index (χ2n) is 6.81. The van der Waals surface area contributed by atoms with Crippen molar-refractivity contribution in [3.63, 3.8) is 0 Å². The lowest BCUT2D eigenvalue weighted by atomic mass is 9.99. The Bertz CT molecular complexity index is 1220. The SMILES string of the molecule is NCc1ccc(F)c(NC(=O)Nc2ccc(-c3cccc4cnc(N)cc34)cc2)c1. The molecule has 2 amide bonds. The van der Waals surface area contributed by atoms with E-state index in [0.717, 1.165) is 27.5 Å². The molecule has 0 spiro atoms. The van der Waals surface area contributed by atoms with Gasteiger partial charge in [0.15, 0.2) is 0 Å². The molecular weight excluding hydrogens is 381 g/mol. The number of benzene rings is 3. The highest BCUT2D eigenvalue weighted by molar-refractivity contribution is 6.01. The van der Waals surface area contributed by atoms with Crippen LogP contribution in [0.5, 0.6) is 0 Å². The lowest BCUT2D eigenvalue weighted by Gasteiger charge is -2.11.